The molecule has 0 amide bonds. The summed E-state index contributed by atoms with van der Waals surface area (Å²) in [7, 11) is 0. The third-order valence-corrected chi connectivity index (χ3v) is 5.53. The lowest BCUT2D eigenvalue weighted by atomic mass is 9.89. The van der Waals surface area contributed by atoms with Crippen LogP contribution in [-0.2, 0) is 0 Å². The molecule has 2 aromatic rings. The highest BCUT2D eigenvalue weighted by atomic mass is 35.5. The fourth-order valence-electron chi connectivity index (χ4n) is 3.82. The van der Waals surface area contributed by atoms with Crippen LogP contribution in [0.2, 0.25) is 5.02 Å². The predicted molar refractivity (Wildman–Crippen MR) is 108 cm³/mol. The first kappa shape index (κ1) is 17.2. The summed E-state index contributed by atoms with van der Waals surface area (Å²) in [4.78, 5) is 8.79. The molecular weight excluding hydrogens is 348 g/mol. The van der Waals surface area contributed by atoms with E-state index < -0.39 is 0 Å². The van der Waals surface area contributed by atoms with Crippen molar-refractivity contribution < 1.29 is 0 Å². The van der Waals surface area contributed by atoms with Gasteiger partial charge in [-0.05, 0) is 36.5 Å². The number of rotatable bonds is 4. The zero-order chi connectivity index (χ0) is 17.9. The molecule has 2 heterocycles. The van der Waals surface area contributed by atoms with E-state index in [-0.39, 0.29) is 12.0 Å². The predicted octanol–water partition coefficient (Wildman–Crippen LogP) is 4.28. The first-order valence-electron chi connectivity index (χ1n) is 9.36. The van der Waals surface area contributed by atoms with Crippen molar-refractivity contribution in [2.75, 3.05) is 34.8 Å². The number of fused-ring (bicyclic) bond motifs is 1. The smallest absolute Gasteiger partial charge is 0.224 e. The lowest BCUT2D eigenvalue weighted by Crippen LogP contribution is -2.28. The molecule has 26 heavy (non-hydrogen) atoms. The van der Waals surface area contributed by atoms with Crippen LogP contribution in [0.4, 0.5) is 23.3 Å². The van der Waals surface area contributed by atoms with E-state index in [9.17, 15) is 0 Å². The average Bonchev–Trinajstić information content (AvgIpc) is 2.67. The molecule has 2 aliphatic rings. The molecular formula is C19H25ClN6. The van der Waals surface area contributed by atoms with Crippen LogP contribution < -0.4 is 21.7 Å². The molecule has 0 radical (unpaired) electrons. The van der Waals surface area contributed by atoms with E-state index in [2.05, 4.69) is 25.9 Å². The number of nitrogens with two attached hydrogens (primary N) is 1. The van der Waals surface area contributed by atoms with Gasteiger partial charge in [0.2, 0.25) is 5.95 Å². The van der Waals surface area contributed by atoms with Gasteiger partial charge in [0.1, 0.15) is 5.69 Å². The van der Waals surface area contributed by atoms with Crippen molar-refractivity contribution >= 4 is 34.9 Å². The van der Waals surface area contributed by atoms with Gasteiger partial charge < -0.3 is 21.7 Å². The molecule has 0 spiro atoms. The third-order valence-electron chi connectivity index (χ3n) is 5.27. The Hall–Kier alpha value is -2.21. The van der Waals surface area contributed by atoms with E-state index in [1.54, 1.807) is 0 Å². The molecule has 1 unspecified atom stereocenters. The maximum atomic E-state index is 6.01. The number of benzene rings is 1. The first-order chi connectivity index (χ1) is 12.7. The summed E-state index contributed by atoms with van der Waals surface area (Å²) in [5, 5.41) is 11.2. The highest BCUT2D eigenvalue weighted by Gasteiger charge is 2.24. The Balaban J connectivity index is 1.53. The number of nitrogen functional groups attached to an aromatic ring is 1. The monoisotopic (exact) mass is 372 g/mol. The van der Waals surface area contributed by atoms with Crippen LogP contribution in [0.1, 0.15) is 43.7 Å². The van der Waals surface area contributed by atoms with Crippen molar-refractivity contribution in [1.82, 2.24) is 9.97 Å². The van der Waals surface area contributed by atoms with Crippen molar-refractivity contribution in [2.45, 2.75) is 38.1 Å². The molecule has 1 atom stereocenters. The number of halogens is 1. The van der Waals surface area contributed by atoms with Gasteiger partial charge in [-0.25, -0.2) is 0 Å². The Kier molecular flexibility index (Phi) is 5.02. The number of nitrogens with one attached hydrogen (secondary N) is 3. The zero-order valence-corrected chi connectivity index (χ0v) is 15.5. The SMILES string of the molecule is Nc1nc(NCC2CCCCC2)c2c(n1)NCC(c1ccc(Cl)cc1)N2. The summed E-state index contributed by atoms with van der Waals surface area (Å²) in [6.07, 6.45) is 6.59. The molecule has 7 heteroatoms. The molecule has 1 fully saturated rings. The normalized spacial score (nSPS) is 20.0. The maximum Gasteiger partial charge on any atom is 0.224 e. The molecule has 0 saturated heterocycles. The van der Waals surface area contributed by atoms with Crippen molar-refractivity contribution in [2.24, 2.45) is 5.92 Å². The standard InChI is InChI=1S/C19H25ClN6/c20-14-8-6-13(7-9-14)15-11-23-18-16(24-15)17(25-19(21)26-18)22-10-12-4-2-1-3-5-12/h6-9,12,15,24H,1-5,10-11H2,(H4,21,22,23,25,26). The van der Waals surface area contributed by atoms with Gasteiger partial charge in [0, 0.05) is 18.1 Å². The van der Waals surface area contributed by atoms with Gasteiger partial charge in [-0.1, -0.05) is 43.0 Å². The van der Waals surface area contributed by atoms with Crippen LogP contribution in [0.25, 0.3) is 0 Å². The summed E-state index contributed by atoms with van der Waals surface area (Å²) >= 11 is 6.01. The van der Waals surface area contributed by atoms with E-state index in [4.69, 9.17) is 17.3 Å². The topological polar surface area (TPSA) is 87.9 Å². The molecule has 138 valence electrons. The lowest BCUT2D eigenvalue weighted by Gasteiger charge is -2.30. The third kappa shape index (κ3) is 3.80. The van der Waals surface area contributed by atoms with Gasteiger partial charge in [0.15, 0.2) is 11.6 Å². The average molecular weight is 373 g/mol. The summed E-state index contributed by atoms with van der Waals surface area (Å²) < 4.78 is 0. The highest BCUT2D eigenvalue weighted by molar-refractivity contribution is 6.30. The molecule has 1 saturated carbocycles. The van der Waals surface area contributed by atoms with E-state index in [0.29, 0.717) is 5.92 Å². The Labute approximate surface area is 158 Å². The van der Waals surface area contributed by atoms with Crippen LogP contribution in [-0.4, -0.2) is 23.1 Å². The number of anilines is 4. The number of aromatic nitrogens is 2. The van der Waals surface area contributed by atoms with Gasteiger partial charge in [0.05, 0.1) is 6.04 Å². The Morgan fingerprint density at radius 1 is 1.12 bits per heavy atom. The molecule has 0 bridgehead atoms. The van der Waals surface area contributed by atoms with Gasteiger partial charge in [-0.3, -0.25) is 0 Å². The van der Waals surface area contributed by atoms with E-state index in [1.807, 2.05) is 24.3 Å². The van der Waals surface area contributed by atoms with Crippen molar-refractivity contribution in [3.63, 3.8) is 0 Å². The first-order valence-corrected chi connectivity index (χ1v) is 9.74. The molecule has 1 aliphatic heterocycles. The van der Waals surface area contributed by atoms with Gasteiger partial charge in [-0.15, -0.1) is 0 Å². The molecule has 6 nitrogen and oxygen atoms in total. The Morgan fingerprint density at radius 3 is 2.65 bits per heavy atom. The fourth-order valence-corrected chi connectivity index (χ4v) is 3.95. The maximum absolute atomic E-state index is 6.01. The quantitative estimate of drug-likeness (QED) is 0.640. The van der Waals surface area contributed by atoms with Crippen LogP contribution in [0.5, 0.6) is 0 Å². The Morgan fingerprint density at radius 2 is 1.88 bits per heavy atom. The van der Waals surface area contributed by atoms with Crippen LogP contribution in [0, 0.1) is 5.92 Å². The minimum atomic E-state index is 0.127. The van der Waals surface area contributed by atoms with Gasteiger partial charge in [0.25, 0.3) is 0 Å². The van der Waals surface area contributed by atoms with Crippen molar-refractivity contribution in [1.29, 1.82) is 0 Å². The second-order valence-corrected chi connectivity index (χ2v) is 7.60. The van der Waals surface area contributed by atoms with E-state index in [0.717, 1.165) is 35.4 Å². The number of hydrogen-bond donors (Lipinski definition) is 4. The van der Waals surface area contributed by atoms with Crippen LogP contribution >= 0.6 is 11.6 Å². The Bertz CT molecular complexity index is 757. The van der Waals surface area contributed by atoms with Crippen molar-refractivity contribution in [3.05, 3.63) is 34.9 Å². The van der Waals surface area contributed by atoms with Gasteiger partial charge in [-0.2, -0.15) is 9.97 Å². The second-order valence-electron chi connectivity index (χ2n) is 7.17. The second kappa shape index (κ2) is 7.58. The van der Waals surface area contributed by atoms with Crippen LogP contribution in [0.15, 0.2) is 24.3 Å². The van der Waals surface area contributed by atoms with E-state index >= 15 is 0 Å². The van der Waals surface area contributed by atoms with Crippen molar-refractivity contribution in [3.8, 4) is 0 Å². The molecule has 1 aromatic carbocycles. The minimum Gasteiger partial charge on any atom is -0.370 e. The zero-order valence-electron chi connectivity index (χ0n) is 14.8. The largest absolute Gasteiger partial charge is 0.370 e. The summed E-state index contributed by atoms with van der Waals surface area (Å²) in [6.45, 7) is 1.66. The number of nitrogens with zero attached hydrogens (tertiary/aromatic N) is 2. The molecule has 4 rings (SSSR count). The lowest BCUT2D eigenvalue weighted by molar-refractivity contribution is 0.373. The van der Waals surface area contributed by atoms with E-state index in [1.165, 1.54) is 37.7 Å². The highest BCUT2D eigenvalue weighted by Crippen LogP contribution is 2.36. The fraction of sp³-hybridized carbons (Fsp3) is 0.474. The summed E-state index contributed by atoms with van der Waals surface area (Å²) in [5.74, 6) is 2.53. The molecule has 1 aliphatic carbocycles. The summed E-state index contributed by atoms with van der Waals surface area (Å²) in [6, 6.07) is 8.04. The van der Waals surface area contributed by atoms with Crippen LogP contribution in [0.3, 0.4) is 0 Å². The molecule has 5 N–H and O–H groups in total. The summed E-state index contributed by atoms with van der Waals surface area (Å²) in [5.41, 5.74) is 7.97. The van der Waals surface area contributed by atoms with Gasteiger partial charge >= 0.3 is 0 Å². The minimum absolute atomic E-state index is 0.127. The number of hydrogen-bond acceptors (Lipinski definition) is 6. The molecule has 1 aromatic heterocycles.